The monoisotopic (exact) mass is 338 g/mol. The van der Waals surface area contributed by atoms with Crippen LogP contribution in [-0.2, 0) is 10.0 Å². The van der Waals surface area contributed by atoms with Crippen LogP contribution in [-0.4, -0.2) is 51.1 Å². The highest BCUT2D eigenvalue weighted by Crippen LogP contribution is 2.24. The van der Waals surface area contributed by atoms with Crippen LogP contribution >= 0.6 is 11.6 Å². The molecule has 9 heteroatoms. The Morgan fingerprint density at radius 2 is 2.05 bits per heavy atom. The highest BCUT2D eigenvalue weighted by Gasteiger charge is 2.26. The number of nitrogens with zero attached hydrogens (tertiary/aromatic N) is 1. The topological polar surface area (TPSA) is 86.7 Å². The van der Waals surface area contributed by atoms with Crippen molar-refractivity contribution < 1.29 is 22.7 Å². The highest BCUT2D eigenvalue weighted by molar-refractivity contribution is 7.89. The third kappa shape index (κ3) is 4.63. The minimum absolute atomic E-state index is 0.172. The van der Waals surface area contributed by atoms with Crippen molar-refractivity contribution in [3.05, 3.63) is 28.5 Å². The van der Waals surface area contributed by atoms with E-state index in [1.165, 1.54) is 0 Å². The van der Waals surface area contributed by atoms with Crippen molar-refractivity contribution in [3.63, 3.8) is 0 Å². The van der Waals surface area contributed by atoms with Gasteiger partial charge in [0.1, 0.15) is 4.90 Å². The second-order valence-corrected chi connectivity index (χ2v) is 6.97. The van der Waals surface area contributed by atoms with Crippen LogP contribution < -0.4 is 4.72 Å². The third-order valence-electron chi connectivity index (χ3n) is 2.52. The average molecular weight is 339 g/mol. The molecule has 0 bridgehead atoms. The minimum Gasteiger partial charge on any atom is -0.478 e. The first-order chi connectivity index (χ1) is 9.54. The summed E-state index contributed by atoms with van der Waals surface area (Å²) in [4.78, 5) is 11.9. The van der Waals surface area contributed by atoms with Crippen LogP contribution in [0, 0.1) is 5.82 Å². The lowest BCUT2D eigenvalue weighted by Crippen LogP contribution is -2.39. The first-order valence-electron chi connectivity index (χ1n) is 5.94. The van der Waals surface area contributed by atoms with E-state index in [4.69, 9.17) is 16.7 Å². The molecule has 0 aliphatic rings. The van der Waals surface area contributed by atoms with Crippen LogP contribution in [0.1, 0.15) is 17.3 Å². The second kappa shape index (κ2) is 6.69. The molecule has 1 rings (SSSR count). The Bertz CT molecular complexity index is 649. The lowest BCUT2D eigenvalue weighted by molar-refractivity contribution is 0.0691. The summed E-state index contributed by atoms with van der Waals surface area (Å²) in [5.74, 6) is -2.93. The van der Waals surface area contributed by atoms with E-state index in [0.717, 1.165) is 12.1 Å². The van der Waals surface area contributed by atoms with Gasteiger partial charge in [0.2, 0.25) is 10.0 Å². The lowest BCUT2D eigenvalue weighted by atomic mass is 10.2. The van der Waals surface area contributed by atoms with E-state index in [1.54, 1.807) is 25.9 Å². The van der Waals surface area contributed by atoms with Crippen LogP contribution in [0.2, 0.25) is 5.02 Å². The zero-order chi connectivity index (χ0) is 16.4. The summed E-state index contributed by atoms with van der Waals surface area (Å²) < 4.78 is 40.6. The van der Waals surface area contributed by atoms with Crippen molar-refractivity contribution in [1.82, 2.24) is 9.62 Å². The fourth-order valence-corrected chi connectivity index (χ4v) is 3.47. The molecule has 0 fully saturated rings. The Balaban J connectivity index is 3.23. The molecule has 1 unspecified atom stereocenters. The molecule has 21 heavy (non-hydrogen) atoms. The molecule has 0 saturated carbocycles. The van der Waals surface area contributed by atoms with Gasteiger partial charge in [-0.1, -0.05) is 11.6 Å². The number of benzene rings is 1. The maximum atomic E-state index is 14.0. The van der Waals surface area contributed by atoms with Crippen LogP contribution in [0.15, 0.2) is 17.0 Å². The Hall–Kier alpha value is -1.22. The number of likely N-dealkylation sites (N-methyl/N-ethyl adjacent to an activating group) is 1. The molecule has 6 nitrogen and oxygen atoms in total. The number of rotatable bonds is 6. The average Bonchev–Trinajstić information content (AvgIpc) is 2.29. The lowest BCUT2D eigenvalue weighted by Gasteiger charge is -2.18. The first-order valence-corrected chi connectivity index (χ1v) is 7.80. The van der Waals surface area contributed by atoms with Crippen molar-refractivity contribution >= 4 is 27.6 Å². The number of carboxylic acid groups (broad SMARTS) is 1. The van der Waals surface area contributed by atoms with E-state index < -0.39 is 38.3 Å². The normalized spacial score (nSPS) is 13.4. The van der Waals surface area contributed by atoms with Crippen LogP contribution in [0.4, 0.5) is 4.39 Å². The van der Waals surface area contributed by atoms with Gasteiger partial charge in [0.15, 0.2) is 5.82 Å². The molecule has 0 saturated heterocycles. The van der Waals surface area contributed by atoms with Gasteiger partial charge >= 0.3 is 5.97 Å². The molecule has 118 valence electrons. The molecule has 1 aromatic rings. The van der Waals surface area contributed by atoms with Crippen molar-refractivity contribution in [2.75, 3.05) is 20.6 Å². The fourth-order valence-electron chi connectivity index (χ4n) is 1.83. The fraction of sp³-hybridized carbons (Fsp3) is 0.417. The van der Waals surface area contributed by atoms with Gasteiger partial charge in [-0.25, -0.2) is 22.3 Å². The van der Waals surface area contributed by atoms with Gasteiger partial charge in [-0.15, -0.1) is 0 Å². The molecule has 0 heterocycles. The Labute approximate surface area is 127 Å². The molecule has 0 aliphatic heterocycles. The zero-order valence-corrected chi connectivity index (χ0v) is 13.3. The quantitative estimate of drug-likeness (QED) is 0.819. The maximum Gasteiger partial charge on any atom is 0.338 e. The van der Waals surface area contributed by atoms with Gasteiger partial charge in [-0.3, -0.25) is 0 Å². The molecular formula is C12H16ClFN2O4S. The number of hydrogen-bond acceptors (Lipinski definition) is 4. The SMILES string of the molecule is CC(CN(C)C)NS(=O)(=O)c1cc(Cl)cc(C(=O)O)c1F. The van der Waals surface area contributed by atoms with Crippen LogP contribution in [0.5, 0.6) is 0 Å². The Morgan fingerprint density at radius 3 is 2.52 bits per heavy atom. The Morgan fingerprint density at radius 1 is 1.48 bits per heavy atom. The van der Waals surface area contributed by atoms with Gasteiger partial charge in [-0.05, 0) is 33.2 Å². The molecular weight excluding hydrogens is 323 g/mol. The maximum absolute atomic E-state index is 14.0. The molecule has 0 amide bonds. The van der Waals surface area contributed by atoms with Crippen molar-refractivity contribution in [2.45, 2.75) is 17.9 Å². The molecule has 0 radical (unpaired) electrons. The molecule has 1 atom stereocenters. The summed E-state index contributed by atoms with van der Waals surface area (Å²) in [5, 5.41) is 8.69. The molecule has 0 aromatic heterocycles. The van der Waals surface area contributed by atoms with E-state index in [-0.39, 0.29) is 5.02 Å². The van der Waals surface area contributed by atoms with Crippen LogP contribution in [0.25, 0.3) is 0 Å². The number of sulfonamides is 1. The summed E-state index contributed by atoms with van der Waals surface area (Å²) in [6, 6.07) is 1.26. The van der Waals surface area contributed by atoms with E-state index in [2.05, 4.69) is 4.72 Å². The van der Waals surface area contributed by atoms with E-state index in [9.17, 15) is 17.6 Å². The number of carboxylic acids is 1. The largest absolute Gasteiger partial charge is 0.478 e. The summed E-state index contributed by atoms with van der Waals surface area (Å²) in [7, 11) is -0.699. The van der Waals surface area contributed by atoms with E-state index in [1.807, 2.05) is 0 Å². The number of aromatic carboxylic acids is 1. The Kier molecular flexibility index (Phi) is 5.68. The van der Waals surface area contributed by atoms with Crippen molar-refractivity contribution in [3.8, 4) is 0 Å². The van der Waals surface area contributed by atoms with Gasteiger partial charge in [0.25, 0.3) is 0 Å². The summed E-state index contributed by atoms with van der Waals surface area (Å²) in [6.07, 6.45) is 0. The highest BCUT2D eigenvalue weighted by atomic mass is 35.5. The molecule has 2 N–H and O–H groups in total. The van der Waals surface area contributed by atoms with Crippen LogP contribution in [0.3, 0.4) is 0 Å². The van der Waals surface area contributed by atoms with Gasteiger partial charge in [-0.2, -0.15) is 0 Å². The predicted molar refractivity (Wildman–Crippen MR) is 76.7 cm³/mol. The molecule has 1 aromatic carbocycles. The number of nitrogens with one attached hydrogen (secondary N) is 1. The second-order valence-electron chi connectivity index (χ2n) is 4.86. The van der Waals surface area contributed by atoms with E-state index in [0.29, 0.717) is 6.54 Å². The zero-order valence-electron chi connectivity index (χ0n) is 11.7. The number of hydrogen-bond donors (Lipinski definition) is 2. The van der Waals surface area contributed by atoms with E-state index >= 15 is 0 Å². The van der Waals surface area contributed by atoms with Gasteiger partial charge in [0.05, 0.1) is 5.56 Å². The smallest absolute Gasteiger partial charge is 0.338 e. The number of carbonyl (C=O) groups is 1. The predicted octanol–water partition coefficient (Wildman–Crippen LogP) is 1.41. The molecule has 0 aliphatic carbocycles. The summed E-state index contributed by atoms with van der Waals surface area (Å²) in [6.45, 7) is 2.01. The van der Waals surface area contributed by atoms with Gasteiger partial charge in [0, 0.05) is 17.6 Å². The third-order valence-corrected chi connectivity index (χ3v) is 4.33. The number of halogens is 2. The minimum atomic E-state index is -4.21. The standard InChI is InChI=1S/C12H16ClFN2O4S/c1-7(6-16(2)3)15-21(19,20)10-5-8(13)4-9(11(10)14)12(17)18/h4-5,7,15H,6H2,1-3H3,(H,17,18). The van der Waals surface area contributed by atoms with Crippen molar-refractivity contribution in [2.24, 2.45) is 0 Å². The molecule has 0 spiro atoms. The summed E-state index contributed by atoms with van der Waals surface area (Å²) >= 11 is 5.66. The van der Waals surface area contributed by atoms with Gasteiger partial charge < -0.3 is 10.0 Å². The first kappa shape index (κ1) is 17.8. The summed E-state index contributed by atoms with van der Waals surface area (Å²) in [5.41, 5.74) is -0.789. The van der Waals surface area contributed by atoms with Crippen molar-refractivity contribution in [1.29, 1.82) is 0 Å².